The van der Waals surface area contributed by atoms with Crippen LogP contribution >= 0.6 is 11.3 Å². The number of nitro groups is 1. The quantitative estimate of drug-likeness (QED) is 0.618. The van der Waals surface area contributed by atoms with E-state index in [0.717, 1.165) is 12.1 Å². The van der Waals surface area contributed by atoms with Crippen LogP contribution in [0.3, 0.4) is 0 Å². The van der Waals surface area contributed by atoms with Gasteiger partial charge in [-0.2, -0.15) is 0 Å². The average molecular weight is 306 g/mol. The topological polar surface area (TPSA) is 64.4 Å². The number of benzene rings is 1. The van der Waals surface area contributed by atoms with Crippen molar-refractivity contribution in [3.05, 3.63) is 50.7 Å². The van der Waals surface area contributed by atoms with Crippen LogP contribution in [-0.2, 0) is 6.42 Å². The number of nitrogens with one attached hydrogen (secondary N) is 1. The Bertz CT molecular complexity index is 599. The van der Waals surface area contributed by atoms with Crippen LogP contribution in [0.15, 0.2) is 35.7 Å². The summed E-state index contributed by atoms with van der Waals surface area (Å²) in [5.41, 5.74) is 0.821. The van der Waals surface area contributed by atoms with Crippen molar-refractivity contribution in [2.45, 2.75) is 26.3 Å². The first-order chi connectivity index (χ1) is 10.1. The molecule has 0 saturated carbocycles. The van der Waals surface area contributed by atoms with Crippen LogP contribution in [-0.4, -0.2) is 17.6 Å². The Balaban J connectivity index is 2.09. The normalized spacial score (nSPS) is 11.9. The second kappa shape index (κ2) is 7.08. The molecule has 2 rings (SSSR count). The first kappa shape index (κ1) is 15.3. The SMILES string of the molecule is CCOc1cc(NC(C)Cc2cccs2)ccc1[N+](=O)[O-]. The van der Waals surface area contributed by atoms with Gasteiger partial charge in [-0.3, -0.25) is 10.1 Å². The molecule has 0 radical (unpaired) electrons. The fraction of sp³-hybridized carbons (Fsp3) is 0.333. The van der Waals surface area contributed by atoms with E-state index in [1.807, 2.05) is 13.0 Å². The molecule has 0 fully saturated rings. The van der Waals surface area contributed by atoms with Crippen molar-refractivity contribution in [1.82, 2.24) is 0 Å². The number of ether oxygens (including phenoxy) is 1. The largest absolute Gasteiger partial charge is 0.487 e. The summed E-state index contributed by atoms with van der Waals surface area (Å²) in [6.07, 6.45) is 0.915. The van der Waals surface area contributed by atoms with Gasteiger partial charge in [-0.1, -0.05) is 6.07 Å². The predicted molar refractivity (Wildman–Crippen MR) is 85.4 cm³/mol. The molecule has 0 aliphatic carbocycles. The molecule has 1 unspecified atom stereocenters. The van der Waals surface area contributed by atoms with Crippen LogP contribution in [0.4, 0.5) is 11.4 Å². The minimum atomic E-state index is -0.427. The van der Waals surface area contributed by atoms with Crippen molar-refractivity contribution in [1.29, 1.82) is 0 Å². The second-order valence-corrected chi connectivity index (χ2v) is 5.73. The average Bonchev–Trinajstić information content (AvgIpc) is 2.91. The zero-order valence-electron chi connectivity index (χ0n) is 12.0. The third-order valence-corrected chi connectivity index (χ3v) is 3.86. The van der Waals surface area contributed by atoms with Gasteiger partial charge in [-0.25, -0.2) is 0 Å². The van der Waals surface area contributed by atoms with E-state index in [1.54, 1.807) is 23.5 Å². The minimum absolute atomic E-state index is 0.00619. The zero-order chi connectivity index (χ0) is 15.2. The molecule has 21 heavy (non-hydrogen) atoms. The molecule has 2 aromatic rings. The van der Waals surface area contributed by atoms with Crippen LogP contribution in [0.1, 0.15) is 18.7 Å². The molecular weight excluding hydrogens is 288 g/mol. The Morgan fingerprint density at radius 2 is 2.24 bits per heavy atom. The summed E-state index contributed by atoms with van der Waals surface area (Å²) in [5, 5.41) is 16.4. The van der Waals surface area contributed by atoms with Crippen molar-refractivity contribution < 1.29 is 9.66 Å². The lowest BCUT2D eigenvalue weighted by molar-refractivity contribution is -0.385. The van der Waals surface area contributed by atoms with Gasteiger partial charge in [0.15, 0.2) is 5.75 Å². The molecule has 0 spiro atoms. The molecule has 1 N–H and O–H groups in total. The van der Waals surface area contributed by atoms with E-state index in [1.165, 1.54) is 10.9 Å². The van der Waals surface area contributed by atoms with Gasteiger partial charge >= 0.3 is 5.69 Å². The van der Waals surface area contributed by atoms with Crippen molar-refractivity contribution in [3.63, 3.8) is 0 Å². The summed E-state index contributed by atoms with van der Waals surface area (Å²) < 4.78 is 5.35. The lowest BCUT2D eigenvalue weighted by atomic mass is 10.2. The molecule has 1 aromatic carbocycles. The summed E-state index contributed by atoms with van der Waals surface area (Å²) in [5.74, 6) is 0.302. The zero-order valence-corrected chi connectivity index (χ0v) is 12.9. The van der Waals surface area contributed by atoms with Crippen LogP contribution in [0.5, 0.6) is 5.75 Å². The van der Waals surface area contributed by atoms with E-state index >= 15 is 0 Å². The van der Waals surface area contributed by atoms with Gasteiger partial charge in [0.05, 0.1) is 11.5 Å². The predicted octanol–water partition coefficient (Wildman–Crippen LogP) is 4.10. The number of hydrogen-bond acceptors (Lipinski definition) is 5. The minimum Gasteiger partial charge on any atom is -0.487 e. The number of nitro benzene ring substituents is 1. The Morgan fingerprint density at radius 3 is 2.86 bits per heavy atom. The van der Waals surface area contributed by atoms with Gasteiger partial charge in [0.25, 0.3) is 0 Å². The van der Waals surface area contributed by atoms with Gasteiger partial charge in [-0.05, 0) is 31.4 Å². The summed E-state index contributed by atoms with van der Waals surface area (Å²) in [6.45, 7) is 4.29. The molecule has 0 amide bonds. The summed E-state index contributed by atoms with van der Waals surface area (Å²) in [7, 11) is 0. The third-order valence-electron chi connectivity index (χ3n) is 2.96. The second-order valence-electron chi connectivity index (χ2n) is 4.70. The smallest absolute Gasteiger partial charge is 0.311 e. The standard InChI is InChI=1S/C15H18N2O3S/c1-3-20-15-10-12(6-7-14(15)17(18)19)16-11(2)9-13-5-4-8-21-13/h4-8,10-11,16H,3,9H2,1-2H3. The third kappa shape index (κ3) is 4.19. The maximum Gasteiger partial charge on any atom is 0.311 e. The highest BCUT2D eigenvalue weighted by Gasteiger charge is 2.16. The molecule has 0 saturated heterocycles. The van der Waals surface area contributed by atoms with E-state index in [0.29, 0.717) is 12.4 Å². The van der Waals surface area contributed by atoms with E-state index in [9.17, 15) is 10.1 Å². The maximum absolute atomic E-state index is 10.9. The maximum atomic E-state index is 10.9. The van der Waals surface area contributed by atoms with Gasteiger partial charge in [0, 0.05) is 35.2 Å². The Morgan fingerprint density at radius 1 is 1.43 bits per heavy atom. The van der Waals surface area contributed by atoms with E-state index in [2.05, 4.69) is 23.7 Å². The molecular formula is C15H18N2O3S. The number of rotatable bonds is 7. The van der Waals surface area contributed by atoms with Crippen LogP contribution in [0, 0.1) is 10.1 Å². The Labute approximate surface area is 127 Å². The summed E-state index contributed by atoms with van der Waals surface area (Å²) in [6, 6.07) is 9.25. The number of thiophene rings is 1. The Hall–Kier alpha value is -2.08. The fourth-order valence-corrected chi connectivity index (χ4v) is 2.93. The molecule has 6 heteroatoms. The first-order valence-corrected chi connectivity index (χ1v) is 7.68. The van der Waals surface area contributed by atoms with Crippen molar-refractivity contribution in [2.75, 3.05) is 11.9 Å². The highest BCUT2D eigenvalue weighted by Crippen LogP contribution is 2.30. The summed E-state index contributed by atoms with van der Waals surface area (Å²) >= 11 is 1.73. The molecule has 5 nitrogen and oxygen atoms in total. The monoisotopic (exact) mass is 306 g/mol. The number of hydrogen-bond donors (Lipinski definition) is 1. The fourth-order valence-electron chi connectivity index (χ4n) is 2.09. The van der Waals surface area contributed by atoms with Gasteiger partial charge < -0.3 is 10.1 Å². The number of anilines is 1. The highest BCUT2D eigenvalue weighted by atomic mass is 32.1. The number of nitrogens with zero attached hydrogens (tertiary/aromatic N) is 1. The molecule has 1 atom stereocenters. The molecule has 1 heterocycles. The van der Waals surface area contributed by atoms with Crippen LogP contribution in [0.25, 0.3) is 0 Å². The Kier molecular flexibility index (Phi) is 5.16. The van der Waals surface area contributed by atoms with Crippen molar-refractivity contribution in [3.8, 4) is 5.75 Å². The van der Waals surface area contributed by atoms with Crippen LogP contribution in [0.2, 0.25) is 0 Å². The van der Waals surface area contributed by atoms with Gasteiger partial charge in [0.2, 0.25) is 0 Å². The van der Waals surface area contributed by atoms with Crippen molar-refractivity contribution >= 4 is 22.7 Å². The molecule has 0 bridgehead atoms. The lowest BCUT2D eigenvalue weighted by Gasteiger charge is -2.15. The van der Waals surface area contributed by atoms with Crippen molar-refractivity contribution in [2.24, 2.45) is 0 Å². The van der Waals surface area contributed by atoms with Gasteiger partial charge in [-0.15, -0.1) is 11.3 Å². The summed E-state index contributed by atoms with van der Waals surface area (Å²) in [4.78, 5) is 11.8. The van der Waals surface area contributed by atoms with Gasteiger partial charge in [0.1, 0.15) is 0 Å². The van der Waals surface area contributed by atoms with E-state index in [-0.39, 0.29) is 11.7 Å². The molecule has 0 aliphatic heterocycles. The van der Waals surface area contributed by atoms with E-state index in [4.69, 9.17) is 4.74 Å². The first-order valence-electron chi connectivity index (χ1n) is 6.80. The lowest BCUT2D eigenvalue weighted by Crippen LogP contribution is -2.17. The molecule has 0 aliphatic rings. The highest BCUT2D eigenvalue weighted by molar-refractivity contribution is 7.09. The van der Waals surface area contributed by atoms with E-state index < -0.39 is 4.92 Å². The molecule has 1 aromatic heterocycles. The van der Waals surface area contributed by atoms with Crippen LogP contribution < -0.4 is 10.1 Å². The molecule has 112 valence electrons.